The molecule has 0 amide bonds. The minimum atomic E-state index is 0.242. The molecule has 4 aliphatic carbocycles. The summed E-state index contributed by atoms with van der Waals surface area (Å²) in [6, 6.07) is 0. The molecule has 4 heteroatoms. The third kappa shape index (κ3) is 1.90. The third-order valence-corrected chi connectivity index (χ3v) is 6.60. The van der Waals surface area contributed by atoms with E-state index < -0.39 is 0 Å². The van der Waals surface area contributed by atoms with Crippen molar-refractivity contribution in [2.75, 3.05) is 6.61 Å². The molecular weight excluding hydrogens is 284 g/mol. The van der Waals surface area contributed by atoms with Crippen LogP contribution in [0.1, 0.15) is 55.6 Å². The van der Waals surface area contributed by atoms with E-state index in [4.69, 9.17) is 26.3 Å². The van der Waals surface area contributed by atoms with E-state index in [9.17, 15) is 0 Å². The smallest absolute Gasteiger partial charge is 0.138 e. The van der Waals surface area contributed by atoms with Gasteiger partial charge in [-0.25, -0.2) is 9.97 Å². The van der Waals surface area contributed by atoms with Crippen LogP contribution in [0, 0.1) is 17.8 Å². The predicted molar refractivity (Wildman–Crippen MR) is 80.3 cm³/mol. The molecule has 0 N–H and O–H groups in total. The van der Waals surface area contributed by atoms with Crippen molar-refractivity contribution in [2.24, 2.45) is 17.8 Å². The zero-order valence-electron chi connectivity index (χ0n) is 12.3. The number of halogens is 1. The maximum atomic E-state index is 6.46. The van der Waals surface area contributed by atoms with E-state index in [0.29, 0.717) is 11.8 Å². The van der Waals surface area contributed by atoms with Crippen LogP contribution in [0.2, 0.25) is 5.15 Å². The minimum absolute atomic E-state index is 0.242. The Morgan fingerprint density at radius 1 is 1.00 bits per heavy atom. The Bertz CT molecular complexity index is 565. The summed E-state index contributed by atoms with van der Waals surface area (Å²) in [4.78, 5) is 9.74. The summed E-state index contributed by atoms with van der Waals surface area (Å²) in [5.41, 5.74) is 2.41. The number of hydrogen-bond acceptors (Lipinski definition) is 3. The van der Waals surface area contributed by atoms with Crippen molar-refractivity contribution >= 4 is 11.6 Å². The van der Waals surface area contributed by atoms with Crippen LogP contribution < -0.4 is 0 Å². The van der Waals surface area contributed by atoms with Crippen molar-refractivity contribution in [1.82, 2.24) is 9.97 Å². The van der Waals surface area contributed by atoms with Crippen LogP contribution in [0.3, 0.4) is 0 Å². The van der Waals surface area contributed by atoms with Gasteiger partial charge in [0.15, 0.2) is 0 Å². The maximum Gasteiger partial charge on any atom is 0.138 e. The molecule has 4 fully saturated rings. The molecular formula is C17H21ClN2O. The molecule has 0 unspecified atom stereocenters. The molecule has 0 spiro atoms. The fourth-order valence-electron chi connectivity index (χ4n) is 5.81. The Kier molecular flexibility index (Phi) is 2.70. The summed E-state index contributed by atoms with van der Waals surface area (Å²) >= 11 is 6.46. The molecule has 1 aromatic heterocycles. The Balaban J connectivity index is 1.59. The number of fused-ring (bicyclic) bond motifs is 1. The van der Waals surface area contributed by atoms with Gasteiger partial charge in [-0.2, -0.15) is 0 Å². The maximum absolute atomic E-state index is 6.46. The molecule has 0 radical (unpaired) electrons. The first-order valence-corrected chi connectivity index (χ1v) is 8.73. The quantitative estimate of drug-likeness (QED) is 0.743. The topological polar surface area (TPSA) is 35.0 Å². The lowest BCUT2D eigenvalue weighted by Gasteiger charge is -2.56. The lowest BCUT2D eigenvalue weighted by Crippen LogP contribution is -2.49. The van der Waals surface area contributed by atoms with Crippen LogP contribution in [0.25, 0.3) is 0 Å². The largest absolute Gasteiger partial charge is 0.376 e. The third-order valence-electron chi connectivity index (χ3n) is 6.28. The van der Waals surface area contributed by atoms with E-state index in [-0.39, 0.29) is 5.41 Å². The van der Waals surface area contributed by atoms with Crippen LogP contribution in [0.5, 0.6) is 0 Å². The summed E-state index contributed by atoms with van der Waals surface area (Å²) in [6.45, 7) is 1.34. The van der Waals surface area contributed by atoms with Crippen molar-refractivity contribution < 1.29 is 4.74 Å². The Labute approximate surface area is 130 Å². The molecule has 0 atom stereocenters. The molecule has 0 saturated heterocycles. The van der Waals surface area contributed by atoms with Gasteiger partial charge in [-0.1, -0.05) is 11.6 Å². The second kappa shape index (κ2) is 4.42. The molecule has 0 aromatic carbocycles. The first kappa shape index (κ1) is 12.8. The highest BCUT2D eigenvalue weighted by Crippen LogP contribution is 2.60. The van der Waals surface area contributed by atoms with Crippen LogP contribution in [0.15, 0.2) is 0 Å². The average molecular weight is 305 g/mol. The van der Waals surface area contributed by atoms with E-state index in [2.05, 4.69) is 0 Å². The van der Waals surface area contributed by atoms with Gasteiger partial charge in [-0.15, -0.1) is 0 Å². The van der Waals surface area contributed by atoms with Gasteiger partial charge in [-0.05, 0) is 56.3 Å². The molecule has 6 rings (SSSR count). The SMILES string of the molecule is Clc1nc(C23CC4CC(CC(C4)C2)C3)nc2c1COCC2. The second-order valence-electron chi connectivity index (χ2n) is 7.76. The molecule has 1 aliphatic heterocycles. The van der Waals surface area contributed by atoms with Gasteiger partial charge in [0.2, 0.25) is 0 Å². The van der Waals surface area contributed by atoms with Crippen LogP contribution in [-0.2, 0) is 23.2 Å². The molecule has 5 aliphatic rings. The van der Waals surface area contributed by atoms with Gasteiger partial charge in [0.1, 0.15) is 11.0 Å². The predicted octanol–water partition coefficient (Wildman–Crippen LogP) is 3.67. The van der Waals surface area contributed by atoms with Gasteiger partial charge in [0.25, 0.3) is 0 Å². The first-order chi connectivity index (χ1) is 10.2. The Hall–Kier alpha value is -0.670. The lowest BCUT2D eigenvalue weighted by atomic mass is 9.49. The van der Waals surface area contributed by atoms with Crippen LogP contribution in [-0.4, -0.2) is 16.6 Å². The average Bonchev–Trinajstić information content (AvgIpc) is 2.46. The normalized spacial score (nSPS) is 40.3. The van der Waals surface area contributed by atoms with Crippen LogP contribution >= 0.6 is 11.6 Å². The first-order valence-electron chi connectivity index (χ1n) is 8.35. The molecule has 4 saturated carbocycles. The van der Waals surface area contributed by atoms with E-state index in [0.717, 1.165) is 47.9 Å². The monoisotopic (exact) mass is 304 g/mol. The second-order valence-corrected chi connectivity index (χ2v) is 8.12. The van der Waals surface area contributed by atoms with Gasteiger partial charge < -0.3 is 4.74 Å². The fourth-order valence-corrected chi connectivity index (χ4v) is 6.06. The van der Waals surface area contributed by atoms with E-state index in [1.165, 1.54) is 38.5 Å². The van der Waals surface area contributed by atoms with Crippen molar-refractivity contribution in [3.05, 3.63) is 22.2 Å². The molecule has 4 bridgehead atoms. The van der Waals surface area contributed by atoms with Gasteiger partial charge in [0.05, 0.1) is 18.9 Å². The zero-order chi connectivity index (χ0) is 14.0. The van der Waals surface area contributed by atoms with Crippen molar-refractivity contribution in [3.63, 3.8) is 0 Å². The fraction of sp³-hybridized carbons (Fsp3) is 0.765. The molecule has 112 valence electrons. The van der Waals surface area contributed by atoms with Crippen molar-refractivity contribution in [2.45, 2.75) is 57.0 Å². The molecule has 1 aromatic rings. The zero-order valence-corrected chi connectivity index (χ0v) is 13.0. The number of hydrogen-bond donors (Lipinski definition) is 0. The van der Waals surface area contributed by atoms with Gasteiger partial charge >= 0.3 is 0 Å². The summed E-state index contributed by atoms with van der Waals surface area (Å²) in [7, 11) is 0. The standard InChI is InChI=1S/C17H21ClN2O/c18-15-13-9-21-2-1-14(13)19-16(20-15)17-6-10-3-11(7-17)5-12(4-10)8-17/h10-12H,1-9H2. The number of ether oxygens (including phenoxy) is 1. The van der Waals surface area contributed by atoms with Gasteiger partial charge in [-0.3, -0.25) is 0 Å². The molecule has 21 heavy (non-hydrogen) atoms. The summed E-state index contributed by atoms with van der Waals surface area (Å²) in [6.07, 6.45) is 9.13. The van der Waals surface area contributed by atoms with E-state index >= 15 is 0 Å². The summed E-state index contributed by atoms with van der Waals surface area (Å²) < 4.78 is 5.50. The number of nitrogens with zero attached hydrogens (tertiary/aromatic N) is 2. The van der Waals surface area contributed by atoms with E-state index in [1.807, 2.05) is 0 Å². The molecule has 3 nitrogen and oxygen atoms in total. The van der Waals surface area contributed by atoms with Crippen molar-refractivity contribution in [3.8, 4) is 0 Å². The van der Waals surface area contributed by atoms with Crippen molar-refractivity contribution in [1.29, 1.82) is 0 Å². The van der Waals surface area contributed by atoms with E-state index in [1.54, 1.807) is 0 Å². The highest BCUT2D eigenvalue weighted by Gasteiger charge is 2.53. The Morgan fingerprint density at radius 2 is 1.67 bits per heavy atom. The highest BCUT2D eigenvalue weighted by molar-refractivity contribution is 6.30. The molecule has 2 heterocycles. The summed E-state index contributed by atoms with van der Waals surface area (Å²) in [5, 5.41) is 0.644. The van der Waals surface area contributed by atoms with Crippen LogP contribution in [0.4, 0.5) is 0 Å². The Morgan fingerprint density at radius 3 is 2.33 bits per heavy atom. The number of aromatic nitrogens is 2. The van der Waals surface area contributed by atoms with Gasteiger partial charge in [0, 0.05) is 17.4 Å². The number of rotatable bonds is 1. The highest BCUT2D eigenvalue weighted by atomic mass is 35.5. The minimum Gasteiger partial charge on any atom is -0.376 e. The summed E-state index contributed by atoms with van der Waals surface area (Å²) in [5.74, 6) is 3.81. The lowest BCUT2D eigenvalue weighted by molar-refractivity contribution is -0.00973.